The first kappa shape index (κ1) is 16.9. The molecule has 7 nitrogen and oxygen atoms in total. The number of pyridine rings is 2. The van der Waals surface area contributed by atoms with Crippen LogP contribution in [0, 0.1) is 24.2 Å². The summed E-state index contributed by atoms with van der Waals surface area (Å²) in [6.45, 7) is 3.63. The summed E-state index contributed by atoms with van der Waals surface area (Å²) in [6.07, 6.45) is 8.46. The first-order valence-corrected chi connectivity index (χ1v) is 9.56. The zero-order chi connectivity index (χ0) is 19.1. The SMILES string of the molecule is Cc1cc(N2C[C@H]3CCC[C@@]3(c3nc(-c4cccnc4)no3)C2)c(C#N)cn1. The number of nitrogens with zero attached hydrogens (tertiary/aromatic N) is 6. The lowest BCUT2D eigenvalue weighted by molar-refractivity contribution is 0.266. The van der Waals surface area contributed by atoms with Gasteiger partial charge in [-0.2, -0.15) is 10.2 Å². The molecule has 28 heavy (non-hydrogen) atoms. The molecule has 0 spiro atoms. The summed E-state index contributed by atoms with van der Waals surface area (Å²) in [7, 11) is 0. The van der Waals surface area contributed by atoms with Crippen LogP contribution in [0.25, 0.3) is 11.4 Å². The zero-order valence-electron chi connectivity index (χ0n) is 15.7. The lowest BCUT2D eigenvalue weighted by Gasteiger charge is -2.25. The van der Waals surface area contributed by atoms with Crippen molar-refractivity contribution in [3.8, 4) is 17.5 Å². The lowest BCUT2D eigenvalue weighted by Crippen LogP contribution is -2.32. The van der Waals surface area contributed by atoms with Gasteiger partial charge in [0.1, 0.15) is 6.07 Å². The average molecular weight is 372 g/mol. The Morgan fingerprint density at radius 3 is 3.11 bits per heavy atom. The monoisotopic (exact) mass is 372 g/mol. The standard InChI is InChI=1S/C21H20N6O/c1-14-8-18(16(9-22)11-24-14)27-12-17-5-2-6-21(17,13-27)20-25-19(26-28-20)15-4-3-7-23-10-15/h3-4,7-8,10-11,17H,2,5-6,12-13H2,1H3/t17-,21-/m1/s1. The van der Waals surface area contributed by atoms with Gasteiger partial charge in [-0.3, -0.25) is 9.97 Å². The largest absolute Gasteiger partial charge is 0.369 e. The molecule has 7 heteroatoms. The fourth-order valence-electron chi connectivity index (χ4n) is 4.75. The van der Waals surface area contributed by atoms with Gasteiger partial charge < -0.3 is 9.42 Å². The predicted molar refractivity (Wildman–Crippen MR) is 102 cm³/mol. The molecule has 5 rings (SSSR count). The van der Waals surface area contributed by atoms with E-state index in [-0.39, 0.29) is 5.41 Å². The van der Waals surface area contributed by atoms with Crippen molar-refractivity contribution in [2.75, 3.05) is 18.0 Å². The second-order valence-corrected chi connectivity index (χ2v) is 7.75. The highest BCUT2D eigenvalue weighted by atomic mass is 16.5. The summed E-state index contributed by atoms with van der Waals surface area (Å²) in [5, 5.41) is 13.7. The summed E-state index contributed by atoms with van der Waals surface area (Å²) in [5.74, 6) is 1.73. The van der Waals surface area contributed by atoms with Crippen LogP contribution in [-0.4, -0.2) is 33.2 Å². The van der Waals surface area contributed by atoms with Crippen LogP contribution >= 0.6 is 0 Å². The van der Waals surface area contributed by atoms with Crippen LogP contribution in [0.5, 0.6) is 0 Å². The fraction of sp³-hybridized carbons (Fsp3) is 0.381. The van der Waals surface area contributed by atoms with Crippen LogP contribution in [0.2, 0.25) is 0 Å². The fourth-order valence-corrected chi connectivity index (χ4v) is 4.75. The Labute approximate surface area is 163 Å². The molecule has 2 aliphatic rings. The number of aromatic nitrogens is 4. The Hall–Kier alpha value is -3.27. The van der Waals surface area contributed by atoms with Crippen molar-refractivity contribution >= 4 is 5.69 Å². The van der Waals surface area contributed by atoms with Gasteiger partial charge >= 0.3 is 0 Å². The van der Waals surface area contributed by atoms with Gasteiger partial charge in [0, 0.05) is 42.9 Å². The second kappa shape index (κ2) is 6.41. The highest BCUT2D eigenvalue weighted by molar-refractivity contribution is 5.61. The number of hydrogen-bond acceptors (Lipinski definition) is 7. The quantitative estimate of drug-likeness (QED) is 0.697. The number of rotatable bonds is 3. The molecule has 2 fully saturated rings. The van der Waals surface area contributed by atoms with Crippen LogP contribution in [0.4, 0.5) is 5.69 Å². The average Bonchev–Trinajstić information content (AvgIpc) is 3.43. The molecule has 1 aliphatic heterocycles. The molecule has 1 saturated carbocycles. The van der Waals surface area contributed by atoms with Crippen LogP contribution in [-0.2, 0) is 5.41 Å². The van der Waals surface area contributed by atoms with Gasteiger partial charge in [-0.15, -0.1) is 0 Å². The van der Waals surface area contributed by atoms with Crippen molar-refractivity contribution in [2.45, 2.75) is 31.6 Å². The van der Waals surface area contributed by atoms with E-state index in [9.17, 15) is 5.26 Å². The maximum Gasteiger partial charge on any atom is 0.235 e. The van der Waals surface area contributed by atoms with E-state index in [1.54, 1.807) is 18.6 Å². The zero-order valence-corrected chi connectivity index (χ0v) is 15.7. The molecular weight excluding hydrogens is 352 g/mol. The van der Waals surface area contributed by atoms with Gasteiger partial charge in [0.15, 0.2) is 0 Å². The number of fused-ring (bicyclic) bond motifs is 1. The smallest absolute Gasteiger partial charge is 0.235 e. The Kier molecular flexibility index (Phi) is 3.86. The van der Waals surface area contributed by atoms with E-state index in [1.807, 2.05) is 25.1 Å². The molecule has 0 radical (unpaired) electrons. The molecule has 0 bridgehead atoms. The highest BCUT2D eigenvalue weighted by Crippen LogP contribution is 2.51. The third-order valence-electron chi connectivity index (χ3n) is 6.12. The summed E-state index contributed by atoms with van der Waals surface area (Å²) < 4.78 is 5.78. The molecule has 2 atom stereocenters. The van der Waals surface area contributed by atoms with Crippen LogP contribution in [0.1, 0.15) is 36.4 Å². The molecule has 1 saturated heterocycles. The molecular formula is C21H20N6O. The molecule has 3 aromatic heterocycles. The van der Waals surface area contributed by atoms with Crippen LogP contribution in [0.3, 0.4) is 0 Å². The molecule has 3 aromatic rings. The normalized spacial score (nSPS) is 23.6. The summed E-state index contributed by atoms with van der Waals surface area (Å²) >= 11 is 0. The van der Waals surface area contributed by atoms with Crippen molar-refractivity contribution in [3.63, 3.8) is 0 Å². The lowest BCUT2D eigenvalue weighted by atomic mass is 9.80. The second-order valence-electron chi connectivity index (χ2n) is 7.75. The molecule has 4 heterocycles. The Bertz CT molecular complexity index is 1060. The van der Waals surface area contributed by atoms with Gasteiger partial charge in [0.05, 0.1) is 16.7 Å². The summed E-state index contributed by atoms with van der Waals surface area (Å²) in [5.41, 5.74) is 3.18. The van der Waals surface area contributed by atoms with E-state index in [0.29, 0.717) is 23.2 Å². The van der Waals surface area contributed by atoms with Crippen molar-refractivity contribution in [1.82, 2.24) is 20.1 Å². The molecule has 0 amide bonds. The Morgan fingerprint density at radius 2 is 2.29 bits per heavy atom. The van der Waals surface area contributed by atoms with Gasteiger partial charge in [-0.05, 0) is 43.9 Å². The number of nitriles is 1. The van der Waals surface area contributed by atoms with E-state index in [1.165, 1.54) is 0 Å². The van der Waals surface area contributed by atoms with Gasteiger partial charge in [-0.25, -0.2) is 0 Å². The highest BCUT2D eigenvalue weighted by Gasteiger charge is 2.54. The van der Waals surface area contributed by atoms with E-state index < -0.39 is 0 Å². The van der Waals surface area contributed by atoms with Crippen LogP contribution < -0.4 is 4.90 Å². The third-order valence-corrected chi connectivity index (χ3v) is 6.12. The summed E-state index contributed by atoms with van der Waals surface area (Å²) in [6, 6.07) is 8.09. The van der Waals surface area contributed by atoms with Gasteiger partial charge in [-0.1, -0.05) is 11.6 Å². The number of aryl methyl sites for hydroxylation is 1. The summed E-state index contributed by atoms with van der Waals surface area (Å²) in [4.78, 5) is 15.5. The van der Waals surface area contributed by atoms with E-state index in [0.717, 1.165) is 49.3 Å². The van der Waals surface area contributed by atoms with Gasteiger partial charge in [0.2, 0.25) is 11.7 Å². The minimum Gasteiger partial charge on any atom is -0.369 e. The van der Waals surface area contributed by atoms with E-state index in [2.05, 4.69) is 26.1 Å². The molecule has 140 valence electrons. The molecule has 0 unspecified atom stereocenters. The molecule has 0 aromatic carbocycles. The van der Waals surface area contributed by atoms with E-state index in [4.69, 9.17) is 9.51 Å². The van der Waals surface area contributed by atoms with Crippen molar-refractivity contribution in [2.24, 2.45) is 5.92 Å². The van der Waals surface area contributed by atoms with Crippen molar-refractivity contribution in [3.05, 3.63) is 53.9 Å². The number of hydrogen-bond donors (Lipinski definition) is 0. The minimum atomic E-state index is -0.155. The van der Waals surface area contributed by atoms with Crippen LogP contribution in [0.15, 0.2) is 41.3 Å². The van der Waals surface area contributed by atoms with Gasteiger partial charge in [0.25, 0.3) is 0 Å². The maximum atomic E-state index is 9.52. The van der Waals surface area contributed by atoms with E-state index >= 15 is 0 Å². The first-order chi connectivity index (χ1) is 13.7. The first-order valence-electron chi connectivity index (χ1n) is 9.56. The maximum absolute atomic E-state index is 9.52. The topological polar surface area (TPSA) is 91.7 Å². The Morgan fingerprint density at radius 1 is 1.36 bits per heavy atom. The van der Waals surface area contributed by atoms with Crippen molar-refractivity contribution in [1.29, 1.82) is 5.26 Å². The third kappa shape index (κ3) is 2.56. The predicted octanol–water partition coefficient (Wildman–Crippen LogP) is 3.26. The molecule has 1 aliphatic carbocycles. The Balaban J connectivity index is 1.51. The molecule has 0 N–H and O–H groups in total. The van der Waals surface area contributed by atoms with Crippen molar-refractivity contribution < 1.29 is 4.52 Å². The minimum absolute atomic E-state index is 0.155. The number of anilines is 1.